The van der Waals surface area contributed by atoms with Crippen molar-refractivity contribution in [2.24, 2.45) is 5.73 Å². The van der Waals surface area contributed by atoms with E-state index in [9.17, 15) is 4.79 Å². The fourth-order valence-electron chi connectivity index (χ4n) is 2.23. The Labute approximate surface area is 121 Å². The Morgan fingerprint density at radius 2 is 2.16 bits per heavy atom. The monoisotopic (exact) mass is 327 g/mol. The Balaban J connectivity index is 2.54. The van der Waals surface area contributed by atoms with Gasteiger partial charge in [0.1, 0.15) is 0 Å². The predicted molar refractivity (Wildman–Crippen MR) is 77.1 cm³/mol. The molecule has 1 aliphatic heterocycles. The summed E-state index contributed by atoms with van der Waals surface area (Å²) in [5.74, 6) is 1.47. The van der Waals surface area contributed by atoms with E-state index in [0.29, 0.717) is 43.2 Å². The summed E-state index contributed by atoms with van der Waals surface area (Å²) in [6.07, 6.45) is 1.91. The minimum Gasteiger partial charge on any atom is -0.490 e. The van der Waals surface area contributed by atoms with Crippen molar-refractivity contribution in [1.29, 1.82) is 0 Å². The quantitative estimate of drug-likeness (QED) is 0.864. The minimum atomic E-state index is 0.0434. The third kappa shape index (κ3) is 2.92. The topological polar surface area (TPSA) is 61.6 Å². The molecule has 0 fully saturated rings. The standard InChI is InChI=1S/C14H18BrNO3/c1-2-9-13(11(17)4-5-16)10(15)8-12-14(9)19-7-3-6-18-12/h8H,2-7,16H2,1H3. The lowest BCUT2D eigenvalue weighted by Gasteiger charge is -2.17. The molecule has 0 amide bonds. The summed E-state index contributed by atoms with van der Waals surface area (Å²) in [6.45, 7) is 3.61. The SMILES string of the molecule is CCc1c2c(cc(Br)c1C(=O)CCN)OCCCO2. The van der Waals surface area contributed by atoms with E-state index in [2.05, 4.69) is 15.9 Å². The fourth-order valence-corrected chi connectivity index (χ4v) is 2.90. The molecule has 0 radical (unpaired) electrons. The molecule has 0 atom stereocenters. The second-order valence-corrected chi connectivity index (χ2v) is 5.26. The molecule has 1 aromatic rings. The van der Waals surface area contributed by atoms with Gasteiger partial charge in [0, 0.05) is 28.4 Å². The highest BCUT2D eigenvalue weighted by Gasteiger charge is 2.23. The van der Waals surface area contributed by atoms with E-state index in [4.69, 9.17) is 15.2 Å². The van der Waals surface area contributed by atoms with Crippen molar-refractivity contribution >= 4 is 21.7 Å². The van der Waals surface area contributed by atoms with Gasteiger partial charge in [0.25, 0.3) is 0 Å². The zero-order valence-corrected chi connectivity index (χ0v) is 12.6. The summed E-state index contributed by atoms with van der Waals surface area (Å²) in [6, 6.07) is 1.82. The maximum absolute atomic E-state index is 12.2. The zero-order valence-electron chi connectivity index (χ0n) is 11.0. The van der Waals surface area contributed by atoms with Gasteiger partial charge in [-0.3, -0.25) is 4.79 Å². The maximum Gasteiger partial charge on any atom is 0.165 e. The van der Waals surface area contributed by atoms with E-state index < -0.39 is 0 Å². The maximum atomic E-state index is 12.2. The average Bonchev–Trinajstić information content (AvgIpc) is 2.62. The van der Waals surface area contributed by atoms with Crippen molar-refractivity contribution in [3.8, 4) is 11.5 Å². The molecule has 0 spiro atoms. The van der Waals surface area contributed by atoms with Crippen LogP contribution in [0.4, 0.5) is 0 Å². The highest BCUT2D eigenvalue weighted by molar-refractivity contribution is 9.10. The number of nitrogens with two attached hydrogens (primary N) is 1. The first-order valence-corrected chi connectivity index (χ1v) is 7.32. The van der Waals surface area contributed by atoms with Crippen molar-refractivity contribution in [1.82, 2.24) is 0 Å². The second-order valence-electron chi connectivity index (χ2n) is 4.41. The molecule has 1 aliphatic rings. The lowest BCUT2D eigenvalue weighted by atomic mass is 9.98. The van der Waals surface area contributed by atoms with Crippen molar-refractivity contribution in [3.05, 3.63) is 21.7 Å². The molecule has 0 saturated heterocycles. The van der Waals surface area contributed by atoms with Crippen molar-refractivity contribution in [3.63, 3.8) is 0 Å². The Morgan fingerprint density at radius 3 is 2.84 bits per heavy atom. The number of benzene rings is 1. The van der Waals surface area contributed by atoms with Crippen molar-refractivity contribution in [2.75, 3.05) is 19.8 Å². The van der Waals surface area contributed by atoms with Crippen molar-refractivity contribution in [2.45, 2.75) is 26.2 Å². The molecule has 0 bridgehead atoms. The number of hydrogen-bond donors (Lipinski definition) is 1. The van der Waals surface area contributed by atoms with Gasteiger partial charge in [-0.2, -0.15) is 0 Å². The first-order chi connectivity index (χ1) is 9.19. The number of ketones is 1. The van der Waals surface area contributed by atoms with Gasteiger partial charge in [0.05, 0.1) is 13.2 Å². The van der Waals surface area contributed by atoms with Crippen LogP contribution in [0.2, 0.25) is 0 Å². The Morgan fingerprint density at radius 1 is 1.42 bits per heavy atom. The van der Waals surface area contributed by atoms with Gasteiger partial charge in [-0.05, 0) is 35.0 Å². The molecular formula is C14H18BrNO3. The van der Waals surface area contributed by atoms with Crippen LogP contribution in [0.5, 0.6) is 11.5 Å². The van der Waals surface area contributed by atoms with Gasteiger partial charge in [-0.1, -0.05) is 6.92 Å². The average molecular weight is 328 g/mol. The minimum absolute atomic E-state index is 0.0434. The molecule has 2 rings (SSSR count). The third-order valence-electron chi connectivity index (χ3n) is 3.09. The highest BCUT2D eigenvalue weighted by Crippen LogP contribution is 2.40. The predicted octanol–water partition coefficient (Wildman–Crippen LogP) is 2.70. The fraction of sp³-hybridized carbons (Fsp3) is 0.500. The molecule has 0 unspecified atom stereocenters. The van der Waals surface area contributed by atoms with E-state index in [1.807, 2.05) is 13.0 Å². The zero-order chi connectivity index (χ0) is 13.8. The number of hydrogen-bond acceptors (Lipinski definition) is 4. The van der Waals surface area contributed by atoms with Crippen LogP contribution in [-0.2, 0) is 6.42 Å². The molecule has 104 valence electrons. The summed E-state index contributed by atoms with van der Waals surface area (Å²) < 4.78 is 12.2. The first-order valence-electron chi connectivity index (χ1n) is 6.53. The van der Waals surface area contributed by atoms with Gasteiger partial charge in [0.2, 0.25) is 0 Å². The van der Waals surface area contributed by atoms with Crippen LogP contribution in [-0.4, -0.2) is 25.5 Å². The van der Waals surface area contributed by atoms with Crippen LogP contribution in [0.3, 0.4) is 0 Å². The number of Topliss-reactive ketones (excluding diaryl/α,β-unsaturated/α-hetero) is 1. The molecular weight excluding hydrogens is 310 g/mol. The molecule has 5 heteroatoms. The van der Waals surface area contributed by atoms with Crippen LogP contribution in [0.15, 0.2) is 10.5 Å². The number of rotatable bonds is 4. The Hall–Kier alpha value is -1.07. The van der Waals surface area contributed by atoms with Crippen molar-refractivity contribution < 1.29 is 14.3 Å². The third-order valence-corrected chi connectivity index (χ3v) is 3.72. The molecule has 0 aliphatic carbocycles. The van der Waals surface area contributed by atoms with E-state index in [-0.39, 0.29) is 5.78 Å². The van der Waals surface area contributed by atoms with Gasteiger partial charge in [-0.25, -0.2) is 0 Å². The van der Waals surface area contributed by atoms with E-state index in [1.165, 1.54) is 0 Å². The smallest absolute Gasteiger partial charge is 0.165 e. The molecule has 1 heterocycles. The summed E-state index contributed by atoms with van der Waals surface area (Å²) in [5, 5.41) is 0. The molecule has 0 aromatic heterocycles. The number of carbonyl (C=O) groups is 1. The Bertz CT molecular complexity index is 488. The summed E-state index contributed by atoms with van der Waals surface area (Å²) in [5.41, 5.74) is 7.06. The highest BCUT2D eigenvalue weighted by atomic mass is 79.9. The van der Waals surface area contributed by atoms with E-state index >= 15 is 0 Å². The van der Waals surface area contributed by atoms with E-state index in [0.717, 1.165) is 22.9 Å². The largest absolute Gasteiger partial charge is 0.490 e. The van der Waals surface area contributed by atoms with Gasteiger partial charge >= 0.3 is 0 Å². The van der Waals surface area contributed by atoms with Crippen LogP contribution in [0.1, 0.15) is 35.7 Å². The van der Waals surface area contributed by atoms with Crippen LogP contribution < -0.4 is 15.2 Å². The molecule has 2 N–H and O–H groups in total. The molecule has 19 heavy (non-hydrogen) atoms. The molecule has 4 nitrogen and oxygen atoms in total. The van der Waals surface area contributed by atoms with Gasteiger partial charge < -0.3 is 15.2 Å². The molecule has 1 aromatic carbocycles. The number of carbonyl (C=O) groups excluding carboxylic acids is 1. The van der Waals surface area contributed by atoms with Gasteiger partial charge in [0.15, 0.2) is 17.3 Å². The number of ether oxygens (including phenoxy) is 2. The lowest BCUT2D eigenvalue weighted by Crippen LogP contribution is -2.12. The van der Waals surface area contributed by atoms with Gasteiger partial charge in [-0.15, -0.1) is 0 Å². The Kier molecular flexibility index (Phi) is 4.82. The van der Waals surface area contributed by atoms with Crippen LogP contribution in [0, 0.1) is 0 Å². The summed E-state index contributed by atoms with van der Waals surface area (Å²) in [7, 11) is 0. The normalized spacial score (nSPS) is 14.1. The first kappa shape index (κ1) is 14.3. The molecule has 0 saturated carbocycles. The van der Waals surface area contributed by atoms with Crippen LogP contribution in [0.25, 0.3) is 0 Å². The second kappa shape index (κ2) is 6.39. The number of fused-ring (bicyclic) bond motifs is 1. The number of halogens is 1. The van der Waals surface area contributed by atoms with E-state index in [1.54, 1.807) is 0 Å². The summed E-state index contributed by atoms with van der Waals surface area (Å²) >= 11 is 3.47. The lowest BCUT2D eigenvalue weighted by molar-refractivity contribution is 0.0983. The van der Waals surface area contributed by atoms with Crippen LogP contribution >= 0.6 is 15.9 Å². The summed E-state index contributed by atoms with van der Waals surface area (Å²) in [4.78, 5) is 12.2.